The van der Waals surface area contributed by atoms with Crippen LogP contribution in [0, 0.1) is 5.92 Å². The molecule has 0 aliphatic rings. The Morgan fingerprint density at radius 3 is 2.08 bits per heavy atom. The Bertz CT molecular complexity index is 105. The van der Waals surface area contributed by atoms with E-state index in [1.54, 1.807) is 6.92 Å². The molecule has 3 heteroatoms. The van der Waals surface area contributed by atoms with Crippen LogP contribution < -0.4 is 5.32 Å². The molecule has 0 aliphatic heterocycles. The average Bonchev–Trinajstić information content (AvgIpc) is 1.84. The second-order valence-electron chi connectivity index (χ2n) is 3.79. The first-order chi connectivity index (χ1) is 5.52. The molecule has 0 radical (unpaired) electrons. The van der Waals surface area contributed by atoms with Crippen LogP contribution in [0.1, 0.15) is 27.2 Å². The largest absolute Gasteiger partial charge is 0.392 e. The number of aliphatic hydroxyl groups excluding tert-OH is 2. The van der Waals surface area contributed by atoms with Crippen LogP contribution in [0.4, 0.5) is 0 Å². The van der Waals surface area contributed by atoms with E-state index in [0.29, 0.717) is 19.0 Å². The average molecular weight is 175 g/mol. The minimum Gasteiger partial charge on any atom is -0.392 e. The normalized spacial score (nSPS) is 16.5. The van der Waals surface area contributed by atoms with Gasteiger partial charge in [-0.15, -0.1) is 0 Å². The van der Waals surface area contributed by atoms with Gasteiger partial charge in [-0.3, -0.25) is 0 Å². The molecule has 3 nitrogen and oxygen atoms in total. The highest BCUT2D eigenvalue weighted by molar-refractivity contribution is 4.62. The molecular formula is C9H21NO2. The van der Waals surface area contributed by atoms with Crippen molar-refractivity contribution in [2.45, 2.75) is 39.4 Å². The van der Waals surface area contributed by atoms with E-state index < -0.39 is 0 Å². The van der Waals surface area contributed by atoms with Crippen molar-refractivity contribution in [2.24, 2.45) is 5.92 Å². The van der Waals surface area contributed by atoms with Gasteiger partial charge in [-0.25, -0.2) is 0 Å². The van der Waals surface area contributed by atoms with E-state index in [1.807, 2.05) is 0 Å². The highest BCUT2D eigenvalue weighted by Gasteiger charge is 2.06. The smallest absolute Gasteiger partial charge is 0.0667 e. The minimum atomic E-state index is -0.337. The quantitative estimate of drug-likeness (QED) is 0.546. The monoisotopic (exact) mass is 175 g/mol. The Kier molecular flexibility index (Phi) is 6.34. The molecule has 0 aromatic carbocycles. The molecule has 0 aliphatic carbocycles. The summed E-state index contributed by atoms with van der Waals surface area (Å²) >= 11 is 0. The van der Waals surface area contributed by atoms with E-state index in [2.05, 4.69) is 19.2 Å². The highest BCUT2D eigenvalue weighted by Crippen LogP contribution is 2.02. The van der Waals surface area contributed by atoms with E-state index in [4.69, 9.17) is 5.11 Å². The third-order valence-electron chi connectivity index (χ3n) is 1.56. The summed E-state index contributed by atoms with van der Waals surface area (Å²) in [4.78, 5) is 0. The van der Waals surface area contributed by atoms with E-state index in [9.17, 15) is 5.11 Å². The third-order valence-corrected chi connectivity index (χ3v) is 1.56. The van der Waals surface area contributed by atoms with Crippen LogP contribution in [-0.2, 0) is 0 Å². The Morgan fingerprint density at radius 1 is 1.08 bits per heavy atom. The Morgan fingerprint density at radius 2 is 1.67 bits per heavy atom. The lowest BCUT2D eigenvalue weighted by Gasteiger charge is -2.14. The van der Waals surface area contributed by atoms with Gasteiger partial charge < -0.3 is 15.5 Å². The van der Waals surface area contributed by atoms with Gasteiger partial charge in [0.2, 0.25) is 0 Å². The zero-order valence-electron chi connectivity index (χ0n) is 8.25. The summed E-state index contributed by atoms with van der Waals surface area (Å²) in [5.74, 6) is 0.522. The molecule has 0 aromatic rings. The topological polar surface area (TPSA) is 52.5 Å². The van der Waals surface area contributed by atoms with Crippen LogP contribution in [0.5, 0.6) is 0 Å². The molecule has 0 spiro atoms. The maximum Gasteiger partial charge on any atom is 0.0667 e. The number of rotatable bonds is 6. The predicted octanol–water partition coefficient (Wildman–Crippen LogP) is 0.364. The summed E-state index contributed by atoms with van der Waals surface area (Å²) in [6.45, 7) is 7.01. The van der Waals surface area contributed by atoms with Gasteiger partial charge in [-0.05, 0) is 19.3 Å². The number of nitrogens with one attached hydrogen (secondary N) is 1. The van der Waals surface area contributed by atoms with Gasteiger partial charge in [0, 0.05) is 13.1 Å². The van der Waals surface area contributed by atoms with E-state index in [0.717, 1.165) is 6.42 Å². The van der Waals surface area contributed by atoms with Crippen molar-refractivity contribution in [1.82, 2.24) is 5.32 Å². The fourth-order valence-corrected chi connectivity index (χ4v) is 1.09. The maximum absolute atomic E-state index is 9.39. The summed E-state index contributed by atoms with van der Waals surface area (Å²) in [5, 5.41) is 21.3. The molecule has 0 rings (SSSR count). The van der Waals surface area contributed by atoms with E-state index in [-0.39, 0.29) is 12.2 Å². The van der Waals surface area contributed by atoms with Crippen LogP contribution in [0.2, 0.25) is 0 Å². The van der Waals surface area contributed by atoms with Crippen LogP contribution in [0.25, 0.3) is 0 Å². The van der Waals surface area contributed by atoms with Gasteiger partial charge >= 0.3 is 0 Å². The standard InChI is InChI=1S/C9H21NO2/c1-7(2)4-9(12)6-10-5-8(3)11/h7-12H,4-6H2,1-3H3/t8-,9?/m1/s1. The van der Waals surface area contributed by atoms with E-state index >= 15 is 0 Å². The van der Waals surface area contributed by atoms with Gasteiger partial charge in [-0.1, -0.05) is 13.8 Å². The molecule has 2 atom stereocenters. The van der Waals surface area contributed by atoms with Crippen molar-refractivity contribution in [1.29, 1.82) is 0 Å². The Labute approximate surface area is 74.8 Å². The van der Waals surface area contributed by atoms with Crippen molar-refractivity contribution in [3.63, 3.8) is 0 Å². The first kappa shape index (κ1) is 11.9. The zero-order chi connectivity index (χ0) is 9.56. The minimum absolute atomic E-state index is 0.288. The Hall–Kier alpha value is -0.120. The molecule has 3 N–H and O–H groups in total. The van der Waals surface area contributed by atoms with Crippen molar-refractivity contribution in [3.05, 3.63) is 0 Å². The molecular weight excluding hydrogens is 154 g/mol. The molecule has 0 amide bonds. The number of hydrogen-bond donors (Lipinski definition) is 3. The van der Waals surface area contributed by atoms with Crippen LogP contribution in [0.15, 0.2) is 0 Å². The first-order valence-corrected chi connectivity index (χ1v) is 4.59. The highest BCUT2D eigenvalue weighted by atomic mass is 16.3. The molecule has 74 valence electrons. The summed E-state index contributed by atoms with van der Waals surface area (Å²) in [6.07, 6.45) is 0.187. The Balaban J connectivity index is 3.25. The molecule has 12 heavy (non-hydrogen) atoms. The molecule has 0 heterocycles. The van der Waals surface area contributed by atoms with E-state index in [1.165, 1.54) is 0 Å². The van der Waals surface area contributed by atoms with Crippen molar-refractivity contribution in [2.75, 3.05) is 13.1 Å². The van der Waals surface area contributed by atoms with Crippen LogP contribution in [-0.4, -0.2) is 35.5 Å². The van der Waals surface area contributed by atoms with Crippen molar-refractivity contribution >= 4 is 0 Å². The SMILES string of the molecule is CC(C)CC(O)CNC[C@@H](C)O. The lowest BCUT2D eigenvalue weighted by molar-refractivity contribution is 0.135. The van der Waals surface area contributed by atoms with Gasteiger partial charge in [0.15, 0.2) is 0 Å². The first-order valence-electron chi connectivity index (χ1n) is 4.59. The summed E-state index contributed by atoms with van der Waals surface area (Å²) < 4.78 is 0. The second kappa shape index (κ2) is 6.40. The maximum atomic E-state index is 9.39. The fourth-order valence-electron chi connectivity index (χ4n) is 1.09. The molecule has 0 saturated heterocycles. The molecule has 0 fully saturated rings. The molecule has 1 unspecified atom stereocenters. The molecule has 0 bridgehead atoms. The summed E-state index contributed by atoms with van der Waals surface area (Å²) in [7, 11) is 0. The van der Waals surface area contributed by atoms with Crippen LogP contribution in [0.3, 0.4) is 0 Å². The lowest BCUT2D eigenvalue weighted by atomic mass is 10.1. The fraction of sp³-hybridized carbons (Fsp3) is 1.00. The van der Waals surface area contributed by atoms with Crippen molar-refractivity contribution in [3.8, 4) is 0 Å². The van der Waals surface area contributed by atoms with Gasteiger partial charge in [0.25, 0.3) is 0 Å². The molecule has 0 aromatic heterocycles. The third kappa shape index (κ3) is 7.98. The summed E-state index contributed by atoms with van der Waals surface area (Å²) in [6, 6.07) is 0. The van der Waals surface area contributed by atoms with Gasteiger partial charge in [-0.2, -0.15) is 0 Å². The number of aliphatic hydroxyl groups is 2. The lowest BCUT2D eigenvalue weighted by Crippen LogP contribution is -2.32. The molecule has 0 saturated carbocycles. The van der Waals surface area contributed by atoms with Crippen LogP contribution >= 0.6 is 0 Å². The zero-order valence-corrected chi connectivity index (χ0v) is 8.25. The van der Waals surface area contributed by atoms with Crippen molar-refractivity contribution < 1.29 is 10.2 Å². The van der Waals surface area contributed by atoms with Gasteiger partial charge in [0.05, 0.1) is 12.2 Å². The second-order valence-corrected chi connectivity index (χ2v) is 3.79. The predicted molar refractivity (Wildman–Crippen MR) is 50.0 cm³/mol. The number of hydrogen-bond acceptors (Lipinski definition) is 3. The summed E-state index contributed by atoms with van der Waals surface area (Å²) in [5.41, 5.74) is 0. The van der Waals surface area contributed by atoms with Gasteiger partial charge in [0.1, 0.15) is 0 Å².